The smallest absolute Gasteiger partial charge is 0.316 e. The van der Waals surface area contributed by atoms with E-state index in [4.69, 9.17) is 10.8 Å². The third-order valence-electron chi connectivity index (χ3n) is 3.84. The zero-order chi connectivity index (χ0) is 16.2. The fourth-order valence-corrected chi connectivity index (χ4v) is 2.85. The number of hydrogen-bond donors (Lipinski definition) is 4. The van der Waals surface area contributed by atoms with Crippen molar-refractivity contribution < 1.29 is 19.5 Å². The first-order valence-corrected chi connectivity index (χ1v) is 7.11. The molecule has 0 unspecified atom stereocenters. The lowest BCUT2D eigenvalue weighted by molar-refractivity contribution is -0.138. The summed E-state index contributed by atoms with van der Waals surface area (Å²) in [6.07, 6.45) is 3.10. The van der Waals surface area contributed by atoms with E-state index in [-0.39, 0.29) is 12.3 Å². The minimum atomic E-state index is -0.914. The Kier molecular flexibility index (Phi) is 4.65. The lowest BCUT2D eigenvalue weighted by Crippen LogP contribution is -2.47. The van der Waals surface area contributed by atoms with Gasteiger partial charge in [0.25, 0.3) is 5.91 Å². The third-order valence-corrected chi connectivity index (χ3v) is 3.84. The molecule has 0 spiro atoms. The first-order chi connectivity index (χ1) is 10.4. The second-order valence-corrected chi connectivity index (χ2v) is 5.58. The van der Waals surface area contributed by atoms with Crippen LogP contribution in [0.5, 0.6) is 0 Å². The maximum absolute atomic E-state index is 12.3. The van der Waals surface area contributed by atoms with Crippen LogP contribution in [-0.2, 0) is 4.79 Å². The molecule has 0 heterocycles. The second-order valence-electron chi connectivity index (χ2n) is 5.58. The Bertz CT molecular complexity index is 577. The lowest BCUT2D eigenvalue weighted by atomic mass is 9.92. The van der Waals surface area contributed by atoms with Gasteiger partial charge in [0, 0.05) is 11.3 Å². The molecule has 0 aromatic heterocycles. The van der Waals surface area contributed by atoms with E-state index in [1.807, 2.05) is 0 Å². The van der Waals surface area contributed by atoms with E-state index in [0.29, 0.717) is 24.1 Å². The predicted octanol–water partition coefficient (Wildman–Crippen LogP) is 1.69. The third kappa shape index (κ3) is 3.97. The SMILES string of the molecule is NC(=O)Nc1ccc(C(=O)NC2(CC(=O)O)CCCC2)cc1. The first-order valence-electron chi connectivity index (χ1n) is 7.11. The van der Waals surface area contributed by atoms with Gasteiger partial charge in [-0.1, -0.05) is 12.8 Å². The summed E-state index contributed by atoms with van der Waals surface area (Å²) < 4.78 is 0. The van der Waals surface area contributed by atoms with Gasteiger partial charge >= 0.3 is 12.0 Å². The van der Waals surface area contributed by atoms with E-state index in [9.17, 15) is 14.4 Å². The minimum absolute atomic E-state index is 0.0694. The number of primary amides is 1. The molecule has 22 heavy (non-hydrogen) atoms. The molecule has 0 bridgehead atoms. The number of amides is 3. The van der Waals surface area contributed by atoms with E-state index in [1.54, 1.807) is 24.3 Å². The molecule has 5 N–H and O–H groups in total. The van der Waals surface area contributed by atoms with Crippen LogP contribution in [0.25, 0.3) is 0 Å². The number of nitrogens with one attached hydrogen (secondary N) is 2. The normalized spacial score (nSPS) is 16.0. The zero-order valence-corrected chi connectivity index (χ0v) is 12.1. The van der Waals surface area contributed by atoms with E-state index in [2.05, 4.69) is 10.6 Å². The summed E-state index contributed by atoms with van der Waals surface area (Å²) in [6.45, 7) is 0. The number of carbonyl (C=O) groups is 3. The van der Waals surface area contributed by atoms with Gasteiger partial charge in [0.15, 0.2) is 0 Å². The quantitative estimate of drug-likeness (QED) is 0.661. The van der Waals surface area contributed by atoms with Gasteiger partial charge in [-0.3, -0.25) is 9.59 Å². The summed E-state index contributed by atoms with van der Waals surface area (Å²) in [7, 11) is 0. The van der Waals surface area contributed by atoms with Gasteiger partial charge in [-0.25, -0.2) is 4.79 Å². The van der Waals surface area contributed by atoms with Gasteiger partial charge in [0.05, 0.1) is 12.0 Å². The number of anilines is 1. The number of carbonyl (C=O) groups excluding carboxylic acids is 2. The van der Waals surface area contributed by atoms with Crippen molar-refractivity contribution in [2.75, 3.05) is 5.32 Å². The number of carboxylic acid groups (broad SMARTS) is 1. The Hall–Kier alpha value is -2.57. The zero-order valence-electron chi connectivity index (χ0n) is 12.1. The number of rotatable bonds is 5. The summed E-state index contributed by atoms with van der Waals surface area (Å²) in [4.78, 5) is 34.1. The molecule has 7 heteroatoms. The standard InChI is InChI=1S/C15H19N3O4/c16-14(22)17-11-5-3-10(4-6-11)13(21)18-15(9-12(19)20)7-1-2-8-15/h3-6H,1-2,7-9H2,(H,18,21)(H,19,20)(H3,16,17,22). The van der Waals surface area contributed by atoms with E-state index < -0.39 is 17.5 Å². The van der Waals surface area contributed by atoms with E-state index in [0.717, 1.165) is 12.8 Å². The molecule has 2 rings (SSSR count). The van der Waals surface area contributed by atoms with Gasteiger partial charge < -0.3 is 21.5 Å². The summed E-state index contributed by atoms with van der Waals surface area (Å²) in [5.41, 5.74) is 5.25. The fourth-order valence-electron chi connectivity index (χ4n) is 2.85. The highest BCUT2D eigenvalue weighted by atomic mass is 16.4. The number of nitrogens with two attached hydrogens (primary N) is 1. The Morgan fingerprint density at radius 3 is 2.23 bits per heavy atom. The van der Waals surface area contributed by atoms with Crippen molar-refractivity contribution in [2.45, 2.75) is 37.6 Å². The van der Waals surface area contributed by atoms with Gasteiger partial charge in [-0.05, 0) is 37.1 Å². The molecule has 3 amide bonds. The maximum atomic E-state index is 12.3. The van der Waals surface area contributed by atoms with Crippen LogP contribution in [-0.4, -0.2) is 28.6 Å². The van der Waals surface area contributed by atoms with Crippen molar-refractivity contribution in [3.8, 4) is 0 Å². The molecule has 0 radical (unpaired) electrons. The summed E-state index contributed by atoms with van der Waals surface area (Å²) in [5.74, 6) is -1.23. The maximum Gasteiger partial charge on any atom is 0.316 e. The van der Waals surface area contributed by atoms with Crippen LogP contribution in [0.1, 0.15) is 42.5 Å². The van der Waals surface area contributed by atoms with Crippen molar-refractivity contribution in [1.82, 2.24) is 5.32 Å². The van der Waals surface area contributed by atoms with Crippen LogP contribution < -0.4 is 16.4 Å². The second kappa shape index (κ2) is 6.46. The van der Waals surface area contributed by atoms with Crippen molar-refractivity contribution in [2.24, 2.45) is 5.73 Å². The van der Waals surface area contributed by atoms with Crippen LogP contribution in [0.4, 0.5) is 10.5 Å². The fraction of sp³-hybridized carbons (Fsp3) is 0.400. The molecule has 1 aromatic carbocycles. The number of aliphatic carboxylic acids is 1. The molecule has 0 atom stereocenters. The van der Waals surface area contributed by atoms with E-state index >= 15 is 0 Å². The Labute approximate surface area is 127 Å². The highest BCUT2D eigenvalue weighted by Gasteiger charge is 2.37. The molecular formula is C15H19N3O4. The van der Waals surface area contributed by atoms with Crippen LogP contribution in [0, 0.1) is 0 Å². The van der Waals surface area contributed by atoms with E-state index in [1.165, 1.54) is 0 Å². The lowest BCUT2D eigenvalue weighted by Gasteiger charge is -2.28. The minimum Gasteiger partial charge on any atom is -0.481 e. The monoisotopic (exact) mass is 305 g/mol. The number of benzene rings is 1. The van der Waals surface area contributed by atoms with Crippen LogP contribution >= 0.6 is 0 Å². The van der Waals surface area contributed by atoms with Crippen LogP contribution in [0.15, 0.2) is 24.3 Å². The summed E-state index contributed by atoms with van der Waals surface area (Å²) >= 11 is 0. The molecule has 1 fully saturated rings. The van der Waals surface area contributed by atoms with Gasteiger partial charge in [0.1, 0.15) is 0 Å². The molecule has 1 saturated carbocycles. The highest BCUT2D eigenvalue weighted by molar-refractivity contribution is 5.96. The highest BCUT2D eigenvalue weighted by Crippen LogP contribution is 2.33. The number of hydrogen-bond acceptors (Lipinski definition) is 3. The topological polar surface area (TPSA) is 122 Å². The number of carboxylic acids is 1. The molecule has 0 aliphatic heterocycles. The summed E-state index contributed by atoms with van der Waals surface area (Å²) in [5, 5.41) is 14.3. The van der Waals surface area contributed by atoms with Crippen molar-refractivity contribution >= 4 is 23.6 Å². The van der Waals surface area contributed by atoms with Crippen LogP contribution in [0.2, 0.25) is 0 Å². The van der Waals surface area contributed by atoms with Crippen molar-refractivity contribution in [3.63, 3.8) is 0 Å². The number of urea groups is 1. The molecule has 0 saturated heterocycles. The molecule has 118 valence electrons. The van der Waals surface area contributed by atoms with Gasteiger partial charge in [-0.2, -0.15) is 0 Å². The predicted molar refractivity (Wildman–Crippen MR) is 80.6 cm³/mol. The molecule has 1 aromatic rings. The molecule has 7 nitrogen and oxygen atoms in total. The Morgan fingerprint density at radius 1 is 1.14 bits per heavy atom. The van der Waals surface area contributed by atoms with Crippen molar-refractivity contribution in [3.05, 3.63) is 29.8 Å². The van der Waals surface area contributed by atoms with Crippen LogP contribution in [0.3, 0.4) is 0 Å². The van der Waals surface area contributed by atoms with Gasteiger partial charge in [-0.15, -0.1) is 0 Å². The van der Waals surface area contributed by atoms with Crippen molar-refractivity contribution in [1.29, 1.82) is 0 Å². The Morgan fingerprint density at radius 2 is 1.73 bits per heavy atom. The molecular weight excluding hydrogens is 286 g/mol. The van der Waals surface area contributed by atoms with Gasteiger partial charge in [0.2, 0.25) is 0 Å². The first kappa shape index (κ1) is 15.8. The largest absolute Gasteiger partial charge is 0.481 e. The average Bonchev–Trinajstić information content (AvgIpc) is 2.86. The average molecular weight is 305 g/mol. The summed E-state index contributed by atoms with van der Waals surface area (Å²) in [6, 6.07) is 5.58. The Balaban J connectivity index is 2.07. The molecule has 1 aliphatic carbocycles. The molecule has 1 aliphatic rings.